The molecular weight excluding hydrogens is 302 g/mol. The molecule has 4 heteroatoms. The second-order valence-corrected chi connectivity index (χ2v) is 6.24. The van der Waals surface area contributed by atoms with Gasteiger partial charge in [0.2, 0.25) is 5.91 Å². The monoisotopic (exact) mass is 323 g/mol. The van der Waals surface area contributed by atoms with Gasteiger partial charge in [-0.05, 0) is 42.5 Å². The van der Waals surface area contributed by atoms with Crippen LogP contribution in [0.25, 0.3) is 0 Å². The zero-order chi connectivity index (χ0) is 16.9. The lowest BCUT2D eigenvalue weighted by molar-refractivity contribution is -0.132. The summed E-state index contributed by atoms with van der Waals surface area (Å²) in [6, 6.07) is 17.2. The van der Waals surface area contributed by atoms with Crippen molar-refractivity contribution >= 4 is 11.9 Å². The van der Waals surface area contributed by atoms with Crippen LogP contribution in [0.4, 0.5) is 0 Å². The van der Waals surface area contributed by atoms with Gasteiger partial charge in [0.1, 0.15) is 0 Å². The molecule has 0 spiro atoms. The van der Waals surface area contributed by atoms with Crippen LogP contribution in [-0.4, -0.2) is 27.9 Å². The first kappa shape index (κ1) is 16.2. The van der Waals surface area contributed by atoms with Crippen LogP contribution in [0.15, 0.2) is 54.6 Å². The first-order valence-corrected chi connectivity index (χ1v) is 8.29. The highest BCUT2D eigenvalue weighted by Crippen LogP contribution is 2.29. The van der Waals surface area contributed by atoms with Crippen molar-refractivity contribution in [3.8, 4) is 0 Å². The van der Waals surface area contributed by atoms with E-state index in [0.717, 1.165) is 24.0 Å². The molecule has 24 heavy (non-hydrogen) atoms. The molecule has 1 fully saturated rings. The Labute approximate surface area is 141 Å². The lowest BCUT2D eigenvalue weighted by Crippen LogP contribution is -2.32. The van der Waals surface area contributed by atoms with Crippen molar-refractivity contribution in [1.29, 1.82) is 0 Å². The number of aryl methyl sites for hydroxylation is 1. The Balaban J connectivity index is 1.58. The number of aromatic carboxylic acids is 1. The standard InChI is InChI=1S/C20H21NO3/c22-19(13-8-15-6-9-17(10-7-15)20(23)24)21(18-11-12-18)14-16-4-2-1-3-5-16/h1-7,9-10,18H,8,11-14H2,(H,23,24). The van der Waals surface area contributed by atoms with Gasteiger partial charge in [-0.1, -0.05) is 42.5 Å². The molecule has 0 atom stereocenters. The van der Waals surface area contributed by atoms with Crippen LogP contribution < -0.4 is 0 Å². The number of carboxylic acid groups (broad SMARTS) is 1. The fraction of sp³-hybridized carbons (Fsp3) is 0.300. The normalized spacial score (nSPS) is 13.5. The van der Waals surface area contributed by atoms with Gasteiger partial charge < -0.3 is 10.0 Å². The van der Waals surface area contributed by atoms with Crippen LogP contribution in [0, 0.1) is 0 Å². The Kier molecular flexibility index (Phi) is 4.94. The average Bonchev–Trinajstić information content (AvgIpc) is 3.44. The van der Waals surface area contributed by atoms with Gasteiger partial charge in [-0.2, -0.15) is 0 Å². The summed E-state index contributed by atoms with van der Waals surface area (Å²) in [4.78, 5) is 25.5. The molecule has 2 aromatic rings. The van der Waals surface area contributed by atoms with Gasteiger partial charge in [-0.25, -0.2) is 4.79 Å². The van der Waals surface area contributed by atoms with Crippen LogP contribution in [-0.2, 0) is 17.8 Å². The van der Waals surface area contributed by atoms with E-state index in [9.17, 15) is 9.59 Å². The van der Waals surface area contributed by atoms with Crippen LogP contribution in [0.3, 0.4) is 0 Å². The summed E-state index contributed by atoms with van der Waals surface area (Å²) in [5, 5.41) is 8.91. The summed E-state index contributed by atoms with van der Waals surface area (Å²) in [7, 11) is 0. The van der Waals surface area contributed by atoms with Crippen molar-refractivity contribution in [1.82, 2.24) is 4.90 Å². The lowest BCUT2D eigenvalue weighted by atomic mass is 10.1. The maximum Gasteiger partial charge on any atom is 0.335 e. The fourth-order valence-electron chi connectivity index (χ4n) is 2.80. The zero-order valence-corrected chi connectivity index (χ0v) is 13.5. The Hall–Kier alpha value is -2.62. The largest absolute Gasteiger partial charge is 0.478 e. The van der Waals surface area contributed by atoms with E-state index in [1.165, 1.54) is 0 Å². The lowest BCUT2D eigenvalue weighted by Gasteiger charge is -2.22. The molecule has 1 N–H and O–H groups in total. The maximum atomic E-state index is 12.6. The molecule has 1 amide bonds. The Morgan fingerprint density at radius 3 is 2.21 bits per heavy atom. The van der Waals surface area contributed by atoms with Crippen LogP contribution in [0.1, 0.15) is 40.7 Å². The highest BCUT2D eigenvalue weighted by molar-refractivity contribution is 5.87. The molecule has 1 saturated carbocycles. The quantitative estimate of drug-likeness (QED) is 0.848. The minimum Gasteiger partial charge on any atom is -0.478 e. The molecule has 0 radical (unpaired) electrons. The summed E-state index contributed by atoms with van der Waals surface area (Å²) in [6.07, 6.45) is 3.27. The van der Waals surface area contributed by atoms with Crippen molar-refractivity contribution in [2.45, 2.75) is 38.3 Å². The summed E-state index contributed by atoms with van der Waals surface area (Å²) >= 11 is 0. The van der Waals surface area contributed by atoms with Gasteiger partial charge in [0, 0.05) is 19.0 Å². The third-order valence-corrected chi connectivity index (χ3v) is 4.33. The van der Waals surface area contributed by atoms with E-state index >= 15 is 0 Å². The van der Waals surface area contributed by atoms with E-state index in [4.69, 9.17) is 5.11 Å². The second kappa shape index (κ2) is 7.30. The van der Waals surface area contributed by atoms with E-state index in [0.29, 0.717) is 25.4 Å². The van der Waals surface area contributed by atoms with Crippen molar-refractivity contribution in [3.05, 3.63) is 71.3 Å². The molecule has 4 nitrogen and oxygen atoms in total. The smallest absolute Gasteiger partial charge is 0.335 e. The minimum atomic E-state index is -0.930. The van der Waals surface area contributed by atoms with E-state index in [1.807, 2.05) is 35.2 Å². The van der Waals surface area contributed by atoms with Gasteiger partial charge in [-0.3, -0.25) is 4.79 Å². The third kappa shape index (κ3) is 4.22. The van der Waals surface area contributed by atoms with Gasteiger partial charge in [0.25, 0.3) is 0 Å². The minimum absolute atomic E-state index is 0.170. The van der Waals surface area contributed by atoms with Gasteiger partial charge >= 0.3 is 5.97 Å². The predicted molar refractivity (Wildman–Crippen MR) is 91.7 cm³/mol. The molecule has 0 bridgehead atoms. The Bertz CT molecular complexity index is 705. The highest BCUT2D eigenvalue weighted by atomic mass is 16.4. The van der Waals surface area contributed by atoms with Crippen LogP contribution in [0.5, 0.6) is 0 Å². The predicted octanol–water partition coefficient (Wildman–Crippen LogP) is 3.51. The van der Waals surface area contributed by atoms with Crippen molar-refractivity contribution in [3.63, 3.8) is 0 Å². The van der Waals surface area contributed by atoms with Crippen molar-refractivity contribution < 1.29 is 14.7 Å². The number of rotatable bonds is 7. The first-order chi connectivity index (χ1) is 11.6. The van der Waals surface area contributed by atoms with Crippen molar-refractivity contribution in [2.75, 3.05) is 0 Å². The van der Waals surface area contributed by atoms with E-state index in [1.54, 1.807) is 24.3 Å². The molecule has 0 saturated heterocycles. The van der Waals surface area contributed by atoms with Crippen LogP contribution in [0.2, 0.25) is 0 Å². The summed E-state index contributed by atoms with van der Waals surface area (Å²) < 4.78 is 0. The highest BCUT2D eigenvalue weighted by Gasteiger charge is 2.32. The number of carbonyl (C=O) groups is 2. The molecule has 0 aromatic heterocycles. The van der Waals surface area contributed by atoms with E-state index < -0.39 is 5.97 Å². The molecular formula is C20H21NO3. The fourth-order valence-corrected chi connectivity index (χ4v) is 2.80. The SMILES string of the molecule is O=C(O)c1ccc(CCC(=O)N(Cc2ccccc2)C2CC2)cc1. The van der Waals surface area contributed by atoms with Gasteiger partial charge in [-0.15, -0.1) is 0 Å². The molecule has 0 aliphatic heterocycles. The molecule has 3 rings (SSSR count). The molecule has 124 valence electrons. The number of benzene rings is 2. The van der Waals surface area contributed by atoms with Gasteiger partial charge in [0.05, 0.1) is 5.56 Å². The zero-order valence-electron chi connectivity index (χ0n) is 13.5. The molecule has 1 aliphatic carbocycles. The number of carboxylic acids is 1. The van der Waals surface area contributed by atoms with E-state index in [-0.39, 0.29) is 11.5 Å². The number of carbonyl (C=O) groups excluding carboxylic acids is 1. The summed E-state index contributed by atoms with van der Waals surface area (Å²) in [6.45, 7) is 0.669. The van der Waals surface area contributed by atoms with Crippen molar-refractivity contribution in [2.24, 2.45) is 0 Å². The summed E-state index contributed by atoms with van der Waals surface area (Å²) in [5.41, 5.74) is 2.42. The maximum absolute atomic E-state index is 12.6. The number of amides is 1. The number of hydrogen-bond acceptors (Lipinski definition) is 2. The van der Waals surface area contributed by atoms with Gasteiger partial charge in [0.15, 0.2) is 0 Å². The third-order valence-electron chi connectivity index (χ3n) is 4.33. The first-order valence-electron chi connectivity index (χ1n) is 8.29. The Morgan fingerprint density at radius 2 is 1.62 bits per heavy atom. The van der Waals surface area contributed by atoms with Crippen LogP contribution >= 0.6 is 0 Å². The molecule has 1 aliphatic rings. The number of hydrogen-bond donors (Lipinski definition) is 1. The molecule has 2 aromatic carbocycles. The Morgan fingerprint density at radius 1 is 0.958 bits per heavy atom. The second-order valence-electron chi connectivity index (χ2n) is 6.24. The average molecular weight is 323 g/mol. The number of nitrogens with zero attached hydrogens (tertiary/aromatic N) is 1. The molecule has 0 unspecified atom stereocenters. The van der Waals surface area contributed by atoms with E-state index in [2.05, 4.69) is 0 Å². The molecule has 0 heterocycles. The summed E-state index contributed by atoms with van der Waals surface area (Å²) in [5.74, 6) is -0.760. The topological polar surface area (TPSA) is 57.6 Å².